The van der Waals surface area contributed by atoms with Gasteiger partial charge in [-0.3, -0.25) is 0 Å². The van der Waals surface area contributed by atoms with Gasteiger partial charge in [0.15, 0.2) is 0 Å². The van der Waals surface area contributed by atoms with Gasteiger partial charge < -0.3 is 11.1 Å². The molecule has 78 valence electrons. The van der Waals surface area contributed by atoms with Crippen LogP contribution in [-0.2, 0) is 6.54 Å². The van der Waals surface area contributed by atoms with E-state index >= 15 is 0 Å². The number of hydrogen-bond donors (Lipinski definition) is 2. The second-order valence-electron chi connectivity index (χ2n) is 4.31. The molecule has 0 bridgehead atoms. The van der Waals surface area contributed by atoms with Crippen LogP contribution in [0.3, 0.4) is 0 Å². The number of aromatic nitrogens is 1. The van der Waals surface area contributed by atoms with Gasteiger partial charge in [0.2, 0.25) is 0 Å². The van der Waals surface area contributed by atoms with Gasteiger partial charge in [-0.25, -0.2) is 4.98 Å². The summed E-state index contributed by atoms with van der Waals surface area (Å²) in [5.74, 6) is 0.381. The number of nitrogen functional groups attached to an aromatic ring is 1. The number of nitrogens with two attached hydrogens (primary N) is 1. The largest absolute Gasteiger partial charge is 0.382 e. The highest BCUT2D eigenvalue weighted by Crippen LogP contribution is 2.16. The molecule has 0 saturated carbocycles. The van der Waals surface area contributed by atoms with Crippen LogP contribution < -0.4 is 11.1 Å². The first-order valence-electron chi connectivity index (χ1n) is 4.53. The van der Waals surface area contributed by atoms with Crippen LogP contribution in [0, 0.1) is 0 Å². The summed E-state index contributed by atoms with van der Waals surface area (Å²) in [5.41, 5.74) is 6.64. The Kier molecular flexibility index (Phi) is 3.34. The lowest BCUT2D eigenvalue weighted by atomic mass is 10.1. The number of nitrogens with zero attached hydrogens (tertiary/aromatic N) is 1. The molecular weight excluding hydrogens is 198 g/mol. The van der Waals surface area contributed by atoms with Crippen LogP contribution in [0.15, 0.2) is 12.3 Å². The third-order valence-electron chi connectivity index (χ3n) is 1.75. The molecule has 1 aromatic heterocycles. The highest BCUT2D eigenvalue weighted by Gasteiger charge is 2.08. The SMILES string of the molecule is CC(C)(C)NCc1cnc(N)c(Cl)c1. The summed E-state index contributed by atoms with van der Waals surface area (Å²) >= 11 is 5.85. The van der Waals surface area contributed by atoms with Crippen LogP contribution >= 0.6 is 11.6 Å². The lowest BCUT2D eigenvalue weighted by Gasteiger charge is -2.20. The Balaban J connectivity index is 2.65. The fourth-order valence-electron chi connectivity index (χ4n) is 0.952. The summed E-state index contributed by atoms with van der Waals surface area (Å²) in [7, 11) is 0. The van der Waals surface area contributed by atoms with E-state index in [1.807, 2.05) is 6.07 Å². The smallest absolute Gasteiger partial charge is 0.142 e. The Labute approximate surface area is 89.7 Å². The molecule has 1 rings (SSSR count). The van der Waals surface area contributed by atoms with Crippen LogP contribution in [0.25, 0.3) is 0 Å². The van der Waals surface area contributed by atoms with E-state index in [1.54, 1.807) is 6.20 Å². The second kappa shape index (κ2) is 4.15. The summed E-state index contributed by atoms with van der Waals surface area (Å²) in [6.45, 7) is 7.08. The standard InChI is InChI=1S/C10H16ClN3/c1-10(2,3)14-6-7-4-8(11)9(12)13-5-7/h4-5,14H,6H2,1-3H3,(H2,12,13). The lowest BCUT2D eigenvalue weighted by Crippen LogP contribution is -2.35. The molecular formula is C10H16ClN3. The minimum absolute atomic E-state index is 0.0911. The van der Waals surface area contributed by atoms with Gasteiger partial charge in [0.05, 0.1) is 5.02 Å². The Morgan fingerprint density at radius 1 is 1.50 bits per heavy atom. The van der Waals surface area contributed by atoms with Crippen LogP contribution in [0.4, 0.5) is 5.82 Å². The van der Waals surface area contributed by atoms with Gasteiger partial charge >= 0.3 is 0 Å². The third kappa shape index (κ3) is 3.52. The molecule has 3 nitrogen and oxygen atoms in total. The fourth-order valence-corrected chi connectivity index (χ4v) is 1.14. The molecule has 0 atom stereocenters. The first-order valence-corrected chi connectivity index (χ1v) is 4.91. The number of halogens is 1. The van der Waals surface area contributed by atoms with Gasteiger partial charge in [0.25, 0.3) is 0 Å². The molecule has 4 heteroatoms. The van der Waals surface area contributed by atoms with Gasteiger partial charge in [-0.15, -0.1) is 0 Å². The van der Waals surface area contributed by atoms with Crippen LogP contribution in [0.5, 0.6) is 0 Å². The molecule has 0 radical (unpaired) electrons. The molecule has 0 spiro atoms. The average molecular weight is 214 g/mol. The van der Waals surface area contributed by atoms with E-state index in [4.69, 9.17) is 17.3 Å². The second-order valence-corrected chi connectivity index (χ2v) is 4.72. The molecule has 0 aromatic carbocycles. The maximum atomic E-state index is 5.85. The minimum Gasteiger partial charge on any atom is -0.382 e. The molecule has 0 unspecified atom stereocenters. The number of rotatable bonds is 2. The van der Waals surface area contributed by atoms with Crippen molar-refractivity contribution in [3.8, 4) is 0 Å². The van der Waals surface area contributed by atoms with Crippen molar-refractivity contribution in [2.24, 2.45) is 0 Å². The van der Waals surface area contributed by atoms with Crippen molar-refractivity contribution >= 4 is 17.4 Å². The zero-order chi connectivity index (χ0) is 10.8. The van der Waals surface area contributed by atoms with E-state index in [2.05, 4.69) is 31.1 Å². The maximum Gasteiger partial charge on any atom is 0.142 e. The molecule has 0 aliphatic heterocycles. The molecule has 1 heterocycles. The summed E-state index contributed by atoms with van der Waals surface area (Å²) in [6.07, 6.45) is 1.74. The fraction of sp³-hybridized carbons (Fsp3) is 0.500. The van der Waals surface area contributed by atoms with Gasteiger partial charge in [-0.05, 0) is 32.4 Å². The normalized spacial score (nSPS) is 11.7. The van der Waals surface area contributed by atoms with Crippen LogP contribution in [0.2, 0.25) is 5.02 Å². The van der Waals surface area contributed by atoms with Gasteiger partial charge in [0, 0.05) is 18.3 Å². The predicted molar refractivity (Wildman–Crippen MR) is 60.3 cm³/mol. The predicted octanol–water partition coefficient (Wildman–Crippen LogP) is 2.21. The molecule has 0 fully saturated rings. The highest BCUT2D eigenvalue weighted by atomic mass is 35.5. The van der Waals surface area contributed by atoms with Gasteiger partial charge in [0.1, 0.15) is 5.82 Å². The van der Waals surface area contributed by atoms with Crippen molar-refractivity contribution in [2.45, 2.75) is 32.9 Å². The molecule has 0 aliphatic carbocycles. The van der Waals surface area contributed by atoms with E-state index in [9.17, 15) is 0 Å². The highest BCUT2D eigenvalue weighted by molar-refractivity contribution is 6.32. The van der Waals surface area contributed by atoms with E-state index in [0.717, 1.165) is 12.1 Å². The van der Waals surface area contributed by atoms with Crippen molar-refractivity contribution in [3.05, 3.63) is 22.8 Å². The van der Waals surface area contributed by atoms with E-state index in [1.165, 1.54) is 0 Å². The Bertz CT molecular complexity index is 318. The van der Waals surface area contributed by atoms with Crippen molar-refractivity contribution in [1.82, 2.24) is 10.3 Å². The van der Waals surface area contributed by atoms with E-state index in [0.29, 0.717) is 10.8 Å². The van der Waals surface area contributed by atoms with Gasteiger partial charge in [-0.2, -0.15) is 0 Å². The molecule has 1 aromatic rings. The number of nitrogens with one attached hydrogen (secondary N) is 1. The van der Waals surface area contributed by atoms with E-state index < -0.39 is 0 Å². The lowest BCUT2D eigenvalue weighted by molar-refractivity contribution is 0.424. The number of anilines is 1. The monoisotopic (exact) mass is 213 g/mol. The average Bonchev–Trinajstić information content (AvgIpc) is 2.06. The number of pyridine rings is 1. The van der Waals surface area contributed by atoms with Crippen molar-refractivity contribution in [2.75, 3.05) is 5.73 Å². The summed E-state index contributed by atoms with van der Waals surface area (Å²) in [6, 6.07) is 1.84. The topological polar surface area (TPSA) is 50.9 Å². The Morgan fingerprint density at radius 2 is 2.14 bits per heavy atom. The molecule has 0 saturated heterocycles. The van der Waals surface area contributed by atoms with Crippen molar-refractivity contribution in [3.63, 3.8) is 0 Å². The molecule has 0 aliphatic rings. The molecule has 3 N–H and O–H groups in total. The minimum atomic E-state index is 0.0911. The van der Waals surface area contributed by atoms with Crippen LogP contribution in [0.1, 0.15) is 26.3 Å². The first-order chi connectivity index (χ1) is 6.38. The molecule has 14 heavy (non-hydrogen) atoms. The summed E-state index contributed by atoms with van der Waals surface area (Å²) in [4.78, 5) is 3.99. The first kappa shape index (κ1) is 11.3. The maximum absolute atomic E-state index is 5.85. The Hall–Kier alpha value is -0.800. The third-order valence-corrected chi connectivity index (χ3v) is 2.05. The van der Waals surface area contributed by atoms with Gasteiger partial charge in [-0.1, -0.05) is 11.6 Å². The van der Waals surface area contributed by atoms with Crippen molar-refractivity contribution < 1.29 is 0 Å². The zero-order valence-electron chi connectivity index (χ0n) is 8.76. The van der Waals surface area contributed by atoms with Crippen LogP contribution in [-0.4, -0.2) is 10.5 Å². The summed E-state index contributed by atoms with van der Waals surface area (Å²) in [5, 5.41) is 3.86. The number of hydrogen-bond acceptors (Lipinski definition) is 3. The summed E-state index contributed by atoms with van der Waals surface area (Å²) < 4.78 is 0. The quantitative estimate of drug-likeness (QED) is 0.792. The van der Waals surface area contributed by atoms with E-state index in [-0.39, 0.29) is 5.54 Å². The molecule has 0 amide bonds. The zero-order valence-corrected chi connectivity index (χ0v) is 9.52. The van der Waals surface area contributed by atoms with Crippen molar-refractivity contribution in [1.29, 1.82) is 0 Å². The Morgan fingerprint density at radius 3 is 2.64 bits per heavy atom.